The fourth-order valence-electron chi connectivity index (χ4n) is 0.874. The monoisotopic (exact) mass is 244 g/mol. The highest BCUT2D eigenvalue weighted by molar-refractivity contribution is 9.08. The number of amides is 1. The molecule has 0 bridgehead atoms. The first-order valence-corrected chi connectivity index (χ1v) is 4.81. The van der Waals surface area contributed by atoms with Crippen LogP contribution in [0.1, 0.15) is 11.3 Å². The number of carbonyl (C=O) groups is 1. The third kappa shape index (κ3) is 3.42. The molecular formula is C8H9BrN2O2. The maximum absolute atomic E-state index is 10.2. The van der Waals surface area contributed by atoms with E-state index < -0.39 is 6.09 Å². The van der Waals surface area contributed by atoms with Gasteiger partial charge >= 0.3 is 6.09 Å². The van der Waals surface area contributed by atoms with Crippen molar-refractivity contribution in [2.45, 2.75) is 11.9 Å². The van der Waals surface area contributed by atoms with Crippen molar-refractivity contribution in [1.29, 1.82) is 0 Å². The second kappa shape index (κ2) is 4.81. The van der Waals surface area contributed by atoms with Gasteiger partial charge in [-0.15, -0.1) is 0 Å². The van der Waals surface area contributed by atoms with Crippen molar-refractivity contribution in [3.05, 3.63) is 29.6 Å². The summed E-state index contributed by atoms with van der Waals surface area (Å²) in [6.45, 7) is 0.246. The van der Waals surface area contributed by atoms with E-state index >= 15 is 0 Å². The number of nitrogens with one attached hydrogen (secondary N) is 1. The standard InChI is InChI=1S/C8H9BrN2O2/c9-4-6-1-2-10-7(3-6)5-11-8(12)13/h1-3,11H,4-5H2,(H,12,13). The van der Waals surface area contributed by atoms with Crippen molar-refractivity contribution in [1.82, 2.24) is 10.3 Å². The minimum absolute atomic E-state index is 0.246. The Morgan fingerprint density at radius 1 is 1.69 bits per heavy atom. The number of halogens is 1. The van der Waals surface area contributed by atoms with E-state index in [1.165, 1.54) is 0 Å². The van der Waals surface area contributed by atoms with Crippen LogP contribution >= 0.6 is 15.9 Å². The van der Waals surface area contributed by atoms with Gasteiger partial charge in [-0.1, -0.05) is 15.9 Å². The van der Waals surface area contributed by atoms with Gasteiger partial charge < -0.3 is 10.4 Å². The zero-order chi connectivity index (χ0) is 9.68. The molecule has 0 aromatic carbocycles. The Hall–Kier alpha value is -1.10. The third-order valence-corrected chi connectivity index (χ3v) is 2.10. The van der Waals surface area contributed by atoms with Crippen molar-refractivity contribution in [3.63, 3.8) is 0 Å². The average Bonchev–Trinajstić information content (AvgIpc) is 2.15. The van der Waals surface area contributed by atoms with Gasteiger partial charge in [0, 0.05) is 11.5 Å². The van der Waals surface area contributed by atoms with Crippen LogP contribution in [0.5, 0.6) is 0 Å². The molecule has 0 atom stereocenters. The molecule has 70 valence electrons. The Morgan fingerprint density at radius 2 is 2.46 bits per heavy atom. The minimum Gasteiger partial charge on any atom is -0.465 e. The fraction of sp³-hybridized carbons (Fsp3) is 0.250. The number of rotatable bonds is 3. The topological polar surface area (TPSA) is 62.2 Å². The second-order valence-corrected chi connectivity index (χ2v) is 3.01. The quantitative estimate of drug-likeness (QED) is 0.797. The zero-order valence-electron chi connectivity index (χ0n) is 6.83. The van der Waals surface area contributed by atoms with Gasteiger partial charge in [0.2, 0.25) is 0 Å². The highest BCUT2D eigenvalue weighted by Gasteiger charge is 1.98. The van der Waals surface area contributed by atoms with Crippen LogP contribution in [0.15, 0.2) is 18.3 Å². The van der Waals surface area contributed by atoms with Gasteiger partial charge in [0.05, 0.1) is 12.2 Å². The Balaban J connectivity index is 2.61. The summed E-state index contributed by atoms with van der Waals surface area (Å²) < 4.78 is 0. The molecule has 1 heterocycles. The highest BCUT2D eigenvalue weighted by atomic mass is 79.9. The van der Waals surface area contributed by atoms with Crippen molar-refractivity contribution in [2.75, 3.05) is 0 Å². The van der Waals surface area contributed by atoms with Crippen molar-refractivity contribution in [2.24, 2.45) is 0 Å². The van der Waals surface area contributed by atoms with Crippen LogP contribution < -0.4 is 5.32 Å². The first-order chi connectivity index (χ1) is 6.22. The number of hydrogen-bond donors (Lipinski definition) is 2. The molecule has 0 radical (unpaired) electrons. The minimum atomic E-state index is -1.04. The third-order valence-electron chi connectivity index (χ3n) is 1.46. The van der Waals surface area contributed by atoms with Crippen molar-refractivity contribution >= 4 is 22.0 Å². The van der Waals surface area contributed by atoms with Gasteiger partial charge in [0.15, 0.2) is 0 Å². The van der Waals surface area contributed by atoms with E-state index in [4.69, 9.17) is 5.11 Å². The summed E-state index contributed by atoms with van der Waals surface area (Å²) in [6, 6.07) is 3.73. The van der Waals surface area contributed by atoms with Gasteiger partial charge in [-0.3, -0.25) is 4.98 Å². The Kier molecular flexibility index (Phi) is 3.70. The van der Waals surface area contributed by atoms with E-state index in [0.717, 1.165) is 16.6 Å². The summed E-state index contributed by atoms with van der Waals surface area (Å²) >= 11 is 3.31. The lowest BCUT2D eigenvalue weighted by molar-refractivity contribution is 0.194. The molecule has 1 amide bonds. The van der Waals surface area contributed by atoms with Gasteiger partial charge in [0.25, 0.3) is 0 Å². The second-order valence-electron chi connectivity index (χ2n) is 2.45. The molecule has 0 spiro atoms. The van der Waals surface area contributed by atoms with Crippen LogP contribution in [0.2, 0.25) is 0 Å². The lowest BCUT2D eigenvalue weighted by Crippen LogP contribution is -2.20. The number of pyridine rings is 1. The molecule has 2 N–H and O–H groups in total. The summed E-state index contributed by atoms with van der Waals surface area (Å²) in [4.78, 5) is 14.2. The molecule has 0 unspecified atom stereocenters. The average molecular weight is 245 g/mol. The van der Waals surface area contributed by atoms with Crippen LogP contribution in [-0.2, 0) is 11.9 Å². The Morgan fingerprint density at radius 3 is 3.08 bits per heavy atom. The lowest BCUT2D eigenvalue weighted by atomic mass is 10.2. The number of alkyl halides is 1. The van der Waals surface area contributed by atoms with Gasteiger partial charge in [-0.05, 0) is 17.7 Å². The summed E-state index contributed by atoms with van der Waals surface area (Å²) in [5, 5.41) is 11.4. The molecule has 1 rings (SSSR count). The number of carboxylic acid groups (broad SMARTS) is 1. The largest absolute Gasteiger partial charge is 0.465 e. The van der Waals surface area contributed by atoms with E-state index in [1.54, 1.807) is 6.20 Å². The van der Waals surface area contributed by atoms with Crippen LogP contribution in [-0.4, -0.2) is 16.2 Å². The molecule has 0 aliphatic heterocycles. The zero-order valence-corrected chi connectivity index (χ0v) is 8.41. The number of hydrogen-bond acceptors (Lipinski definition) is 2. The first-order valence-electron chi connectivity index (χ1n) is 3.69. The summed E-state index contributed by atoms with van der Waals surface area (Å²) in [7, 11) is 0. The molecular weight excluding hydrogens is 236 g/mol. The van der Waals surface area contributed by atoms with E-state index in [1.807, 2.05) is 12.1 Å². The predicted octanol–water partition coefficient (Wildman–Crippen LogP) is 1.74. The van der Waals surface area contributed by atoms with Crippen molar-refractivity contribution in [3.8, 4) is 0 Å². The molecule has 0 fully saturated rings. The van der Waals surface area contributed by atoms with Crippen LogP contribution in [0.3, 0.4) is 0 Å². The summed E-state index contributed by atoms with van der Waals surface area (Å²) in [5.74, 6) is 0. The van der Waals surface area contributed by atoms with Crippen LogP contribution in [0.4, 0.5) is 4.79 Å². The fourth-order valence-corrected chi connectivity index (χ4v) is 1.22. The first kappa shape index (κ1) is 9.98. The smallest absolute Gasteiger partial charge is 0.404 e. The molecule has 13 heavy (non-hydrogen) atoms. The van der Waals surface area contributed by atoms with Crippen LogP contribution in [0.25, 0.3) is 0 Å². The van der Waals surface area contributed by atoms with Gasteiger partial charge in [0.1, 0.15) is 0 Å². The van der Waals surface area contributed by atoms with Gasteiger partial charge in [-0.25, -0.2) is 4.79 Å². The van der Waals surface area contributed by atoms with E-state index in [9.17, 15) is 4.79 Å². The molecule has 1 aromatic rings. The van der Waals surface area contributed by atoms with Gasteiger partial charge in [-0.2, -0.15) is 0 Å². The molecule has 0 saturated heterocycles. The molecule has 4 nitrogen and oxygen atoms in total. The number of aromatic nitrogens is 1. The molecule has 0 saturated carbocycles. The van der Waals surface area contributed by atoms with Crippen molar-refractivity contribution < 1.29 is 9.90 Å². The van der Waals surface area contributed by atoms with E-state index in [0.29, 0.717) is 0 Å². The number of nitrogens with zero attached hydrogens (tertiary/aromatic N) is 1. The molecule has 0 aliphatic rings. The predicted molar refractivity (Wildman–Crippen MR) is 51.7 cm³/mol. The maximum Gasteiger partial charge on any atom is 0.404 e. The summed E-state index contributed by atoms with van der Waals surface area (Å²) in [6.07, 6.45) is 0.626. The highest BCUT2D eigenvalue weighted by Crippen LogP contribution is 2.05. The van der Waals surface area contributed by atoms with E-state index in [2.05, 4.69) is 26.2 Å². The Labute approximate surface area is 84.1 Å². The molecule has 5 heteroatoms. The van der Waals surface area contributed by atoms with Crippen LogP contribution in [0, 0.1) is 0 Å². The normalized spacial score (nSPS) is 9.62. The molecule has 1 aromatic heterocycles. The lowest BCUT2D eigenvalue weighted by Gasteiger charge is -2.01. The Bertz CT molecular complexity index is 304. The van der Waals surface area contributed by atoms with E-state index in [-0.39, 0.29) is 6.54 Å². The molecule has 0 aliphatic carbocycles. The maximum atomic E-state index is 10.2. The summed E-state index contributed by atoms with van der Waals surface area (Å²) in [5.41, 5.74) is 1.80. The SMILES string of the molecule is O=C(O)NCc1cc(CBr)ccn1.